The van der Waals surface area contributed by atoms with Gasteiger partial charge in [0.25, 0.3) is 0 Å². The average Bonchev–Trinajstić information content (AvgIpc) is 3.16. The van der Waals surface area contributed by atoms with E-state index >= 15 is 0 Å². The van der Waals surface area contributed by atoms with Gasteiger partial charge in [0.1, 0.15) is 0 Å². The first-order valence-electron chi connectivity index (χ1n) is 7.01. The summed E-state index contributed by atoms with van der Waals surface area (Å²) in [5, 5.41) is 10.4. The summed E-state index contributed by atoms with van der Waals surface area (Å²) in [7, 11) is 0. The lowest BCUT2D eigenvalue weighted by atomic mass is 10.0. The number of hydrogen-bond acceptors (Lipinski definition) is 4. The van der Waals surface area contributed by atoms with Gasteiger partial charge in [-0.3, -0.25) is 0 Å². The Labute approximate surface area is 131 Å². The van der Waals surface area contributed by atoms with Crippen molar-refractivity contribution in [3.8, 4) is 11.5 Å². The second-order valence-corrected chi connectivity index (χ2v) is 5.39. The zero-order valence-corrected chi connectivity index (χ0v) is 12.0. The van der Waals surface area contributed by atoms with Gasteiger partial charge in [0.05, 0.1) is 17.2 Å². The van der Waals surface area contributed by atoms with E-state index in [4.69, 9.17) is 4.42 Å². The molecule has 130 valence electrons. The topological polar surface area (TPSA) is 51.0 Å². The fourth-order valence-electron chi connectivity index (χ4n) is 2.47. The van der Waals surface area contributed by atoms with Gasteiger partial charge < -0.3 is 9.73 Å². The van der Waals surface area contributed by atoms with Crippen LogP contribution in [0.2, 0.25) is 0 Å². The van der Waals surface area contributed by atoms with Crippen LogP contribution in [-0.2, 0) is 12.4 Å². The third-order valence-electron chi connectivity index (χ3n) is 3.63. The molecule has 2 heterocycles. The van der Waals surface area contributed by atoms with E-state index in [-0.39, 0.29) is 23.9 Å². The van der Waals surface area contributed by atoms with Crippen molar-refractivity contribution in [2.24, 2.45) is 0 Å². The maximum atomic E-state index is 12.9. The Kier molecular flexibility index (Phi) is 4.02. The van der Waals surface area contributed by atoms with E-state index in [0.717, 1.165) is 13.0 Å². The second-order valence-electron chi connectivity index (χ2n) is 5.39. The van der Waals surface area contributed by atoms with Crippen LogP contribution in [0.15, 0.2) is 22.6 Å². The fraction of sp³-hybridized carbons (Fsp3) is 0.429. The molecular weight excluding hydrogens is 340 g/mol. The Hall–Kier alpha value is -2.10. The maximum absolute atomic E-state index is 12.9. The number of aromatic nitrogens is 2. The number of halogens is 6. The highest BCUT2D eigenvalue weighted by atomic mass is 19.4. The van der Waals surface area contributed by atoms with Crippen LogP contribution in [0.4, 0.5) is 26.3 Å². The van der Waals surface area contributed by atoms with Crippen molar-refractivity contribution >= 4 is 0 Å². The molecule has 0 spiro atoms. The molecule has 1 aliphatic rings. The minimum Gasteiger partial charge on any atom is -0.419 e. The van der Waals surface area contributed by atoms with Crippen molar-refractivity contribution in [1.82, 2.24) is 15.5 Å². The van der Waals surface area contributed by atoms with E-state index in [1.807, 2.05) is 0 Å². The molecule has 1 saturated heterocycles. The lowest BCUT2D eigenvalue weighted by molar-refractivity contribution is -0.143. The molecule has 1 fully saturated rings. The predicted molar refractivity (Wildman–Crippen MR) is 69.7 cm³/mol. The van der Waals surface area contributed by atoms with Crippen LogP contribution in [0.1, 0.15) is 35.9 Å². The van der Waals surface area contributed by atoms with E-state index in [1.165, 1.54) is 0 Å². The molecule has 0 amide bonds. The Balaban J connectivity index is 2.03. The highest BCUT2D eigenvalue weighted by Crippen LogP contribution is 2.38. The zero-order chi connectivity index (χ0) is 17.5. The van der Waals surface area contributed by atoms with Crippen LogP contribution in [0.25, 0.3) is 11.5 Å². The minimum absolute atomic E-state index is 0.0549. The molecule has 0 bridgehead atoms. The average molecular weight is 351 g/mol. The summed E-state index contributed by atoms with van der Waals surface area (Å²) in [5.74, 6) is -0.233. The third kappa shape index (κ3) is 3.37. The Bertz CT molecular complexity index is 699. The first-order chi connectivity index (χ1) is 11.1. The lowest BCUT2D eigenvalue weighted by Crippen LogP contribution is -2.12. The number of rotatable bonds is 2. The number of nitrogens with zero attached hydrogens (tertiary/aromatic N) is 2. The minimum atomic E-state index is -4.92. The molecule has 1 aromatic carbocycles. The van der Waals surface area contributed by atoms with Gasteiger partial charge in [-0.1, -0.05) is 0 Å². The van der Waals surface area contributed by atoms with Gasteiger partial charge in [0.2, 0.25) is 11.8 Å². The highest BCUT2D eigenvalue weighted by molar-refractivity contribution is 5.56. The fourth-order valence-corrected chi connectivity index (χ4v) is 2.47. The van der Waals surface area contributed by atoms with Crippen molar-refractivity contribution in [2.75, 3.05) is 6.54 Å². The van der Waals surface area contributed by atoms with Gasteiger partial charge in [-0.25, -0.2) is 0 Å². The predicted octanol–water partition coefficient (Wildman–Crippen LogP) is 4.20. The summed E-state index contributed by atoms with van der Waals surface area (Å²) in [6.07, 6.45) is -8.28. The van der Waals surface area contributed by atoms with Gasteiger partial charge in [-0.2, -0.15) is 26.3 Å². The molecule has 4 nitrogen and oxygen atoms in total. The molecule has 3 rings (SSSR count). The standard InChI is InChI=1S/C14H11F6N3O/c15-13(16,17)8-4-7(5-9(6-8)14(18,19)20)11-22-23-12(24-11)10-2-1-3-21-10/h4-6,10,21H,1-3H2/t10-/m1/s1. The summed E-state index contributed by atoms with van der Waals surface area (Å²) in [5.41, 5.74) is -3.27. The number of benzene rings is 1. The molecule has 10 heteroatoms. The Morgan fingerprint density at radius 3 is 2.08 bits per heavy atom. The normalized spacial score (nSPS) is 19.0. The van der Waals surface area contributed by atoms with E-state index < -0.39 is 29.0 Å². The molecule has 1 aromatic heterocycles. The van der Waals surface area contributed by atoms with Crippen molar-refractivity contribution < 1.29 is 30.8 Å². The van der Waals surface area contributed by atoms with E-state index in [2.05, 4.69) is 15.5 Å². The van der Waals surface area contributed by atoms with Crippen LogP contribution in [0.5, 0.6) is 0 Å². The number of hydrogen-bond donors (Lipinski definition) is 1. The van der Waals surface area contributed by atoms with Crippen LogP contribution in [0.3, 0.4) is 0 Å². The van der Waals surface area contributed by atoms with Crippen LogP contribution >= 0.6 is 0 Å². The molecule has 0 saturated carbocycles. The lowest BCUT2D eigenvalue weighted by Gasteiger charge is -2.12. The summed E-state index contributed by atoms with van der Waals surface area (Å²) in [4.78, 5) is 0. The van der Waals surface area contributed by atoms with Gasteiger partial charge in [0.15, 0.2) is 0 Å². The van der Waals surface area contributed by atoms with Gasteiger partial charge >= 0.3 is 12.4 Å². The first-order valence-corrected chi connectivity index (χ1v) is 7.01. The molecule has 0 radical (unpaired) electrons. The SMILES string of the molecule is FC(F)(F)c1cc(-c2nnc([C@H]3CCCN3)o2)cc(C(F)(F)F)c1. The monoisotopic (exact) mass is 351 g/mol. The van der Waals surface area contributed by atoms with Gasteiger partial charge in [0, 0.05) is 5.56 Å². The molecule has 1 atom stereocenters. The maximum Gasteiger partial charge on any atom is 0.416 e. The Morgan fingerprint density at radius 1 is 0.958 bits per heavy atom. The number of alkyl halides is 6. The van der Waals surface area contributed by atoms with Crippen molar-refractivity contribution in [2.45, 2.75) is 31.2 Å². The van der Waals surface area contributed by atoms with E-state index in [9.17, 15) is 26.3 Å². The van der Waals surface area contributed by atoms with Crippen molar-refractivity contribution in [3.05, 3.63) is 35.2 Å². The smallest absolute Gasteiger partial charge is 0.416 e. The molecule has 2 aromatic rings. The molecule has 24 heavy (non-hydrogen) atoms. The molecule has 1 aliphatic heterocycles. The first kappa shape index (κ1) is 16.7. The van der Waals surface area contributed by atoms with Crippen LogP contribution in [-0.4, -0.2) is 16.7 Å². The van der Waals surface area contributed by atoms with Gasteiger partial charge in [-0.05, 0) is 37.6 Å². The van der Waals surface area contributed by atoms with E-state index in [0.29, 0.717) is 18.6 Å². The summed E-state index contributed by atoms with van der Waals surface area (Å²) < 4.78 is 82.4. The summed E-state index contributed by atoms with van der Waals surface area (Å²) in [6.45, 7) is 0.726. The zero-order valence-electron chi connectivity index (χ0n) is 12.0. The Morgan fingerprint density at radius 2 is 1.58 bits per heavy atom. The van der Waals surface area contributed by atoms with Crippen LogP contribution < -0.4 is 5.32 Å². The summed E-state index contributed by atoms with van der Waals surface area (Å²) >= 11 is 0. The third-order valence-corrected chi connectivity index (χ3v) is 3.63. The molecular formula is C14H11F6N3O. The highest BCUT2D eigenvalue weighted by Gasteiger charge is 2.37. The number of nitrogens with one attached hydrogen (secondary N) is 1. The molecule has 0 unspecified atom stereocenters. The van der Waals surface area contributed by atoms with E-state index in [1.54, 1.807) is 0 Å². The summed E-state index contributed by atoms with van der Waals surface area (Å²) in [6, 6.07) is 0.946. The molecule has 1 N–H and O–H groups in total. The van der Waals surface area contributed by atoms with Crippen molar-refractivity contribution in [3.63, 3.8) is 0 Å². The van der Waals surface area contributed by atoms with Crippen LogP contribution in [0, 0.1) is 0 Å². The quantitative estimate of drug-likeness (QED) is 0.824. The second kappa shape index (κ2) is 5.76. The molecule has 0 aliphatic carbocycles. The van der Waals surface area contributed by atoms with Crippen molar-refractivity contribution in [1.29, 1.82) is 0 Å². The van der Waals surface area contributed by atoms with Gasteiger partial charge in [-0.15, -0.1) is 10.2 Å². The largest absolute Gasteiger partial charge is 0.419 e.